The van der Waals surface area contributed by atoms with Gasteiger partial charge in [-0.05, 0) is 24.8 Å². The minimum Gasteiger partial charge on any atom is -0.118 e. The molecule has 1 heteroatoms. The van der Waals surface area contributed by atoms with Gasteiger partial charge in [-0.25, -0.2) is 0 Å². The number of rotatable bonds is 6. The molecule has 0 amide bonds. The van der Waals surface area contributed by atoms with Crippen LogP contribution < -0.4 is 0 Å². The Morgan fingerprint density at radius 1 is 1.21 bits per heavy atom. The van der Waals surface area contributed by atoms with Crippen molar-refractivity contribution < 1.29 is 0 Å². The summed E-state index contributed by atoms with van der Waals surface area (Å²) in [6.45, 7) is 3.70. The minimum absolute atomic E-state index is 0.168. The fourth-order valence-corrected chi connectivity index (χ4v) is 1.74. The minimum atomic E-state index is 0.168. The largest absolute Gasteiger partial charge is 0.118 e. The number of hydrogen-bond donors (Lipinski definition) is 0. The SMILES string of the molecule is C=CCCCCC(Cl)c1ccccc1. The third-order valence-corrected chi connectivity index (χ3v) is 2.75. The van der Waals surface area contributed by atoms with Gasteiger partial charge >= 0.3 is 0 Å². The number of hydrogen-bond acceptors (Lipinski definition) is 0. The third-order valence-electron chi connectivity index (χ3n) is 2.28. The smallest absolute Gasteiger partial charge is 0.0585 e. The van der Waals surface area contributed by atoms with Gasteiger partial charge in [-0.1, -0.05) is 42.8 Å². The normalized spacial score (nSPS) is 12.4. The molecule has 0 heterocycles. The Bertz CT molecular complexity index is 253. The number of allylic oxidation sites excluding steroid dienone is 1. The highest BCUT2D eigenvalue weighted by Crippen LogP contribution is 2.25. The first-order chi connectivity index (χ1) is 6.84. The van der Waals surface area contributed by atoms with E-state index in [-0.39, 0.29) is 5.38 Å². The predicted molar refractivity (Wildman–Crippen MR) is 63.7 cm³/mol. The first-order valence-corrected chi connectivity index (χ1v) is 5.58. The van der Waals surface area contributed by atoms with E-state index in [9.17, 15) is 0 Å². The van der Waals surface area contributed by atoms with E-state index in [2.05, 4.69) is 18.7 Å². The number of benzene rings is 1. The van der Waals surface area contributed by atoms with Gasteiger partial charge in [-0.3, -0.25) is 0 Å². The molecule has 0 aliphatic heterocycles. The second kappa shape index (κ2) is 6.67. The zero-order chi connectivity index (χ0) is 10.2. The summed E-state index contributed by atoms with van der Waals surface area (Å²) in [6, 6.07) is 10.3. The zero-order valence-corrected chi connectivity index (χ0v) is 9.21. The molecule has 1 unspecified atom stereocenters. The maximum Gasteiger partial charge on any atom is 0.0585 e. The Morgan fingerprint density at radius 3 is 2.57 bits per heavy atom. The van der Waals surface area contributed by atoms with Gasteiger partial charge in [0.15, 0.2) is 0 Å². The molecule has 1 rings (SSSR count). The Labute approximate surface area is 91.6 Å². The van der Waals surface area contributed by atoms with Gasteiger partial charge in [0.25, 0.3) is 0 Å². The highest BCUT2D eigenvalue weighted by molar-refractivity contribution is 6.20. The molecule has 1 aromatic carbocycles. The van der Waals surface area contributed by atoms with E-state index in [4.69, 9.17) is 11.6 Å². The summed E-state index contributed by atoms with van der Waals surface area (Å²) in [5, 5.41) is 0.168. The van der Waals surface area contributed by atoms with Crippen LogP contribution in [0.4, 0.5) is 0 Å². The van der Waals surface area contributed by atoms with Crippen LogP contribution in [0, 0.1) is 0 Å². The quantitative estimate of drug-likeness (QED) is 0.361. The molecule has 0 fully saturated rings. The van der Waals surface area contributed by atoms with Crippen molar-refractivity contribution in [1.29, 1.82) is 0 Å². The van der Waals surface area contributed by atoms with E-state index in [0.717, 1.165) is 12.8 Å². The third kappa shape index (κ3) is 3.97. The van der Waals surface area contributed by atoms with Crippen LogP contribution in [0.5, 0.6) is 0 Å². The molecule has 0 N–H and O–H groups in total. The highest BCUT2D eigenvalue weighted by atomic mass is 35.5. The maximum absolute atomic E-state index is 6.26. The van der Waals surface area contributed by atoms with Gasteiger partial charge < -0.3 is 0 Å². The molecule has 0 aliphatic carbocycles. The van der Waals surface area contributed by atoms with Gasteiger partial charge in [0.05, 0.1) is 5.38 Å². The van der Waals surface area contributed by atoms with Crippen LogP contribution in [0.2, 0.25) is 0 Å². The monoisotopic (exact) mass is 208 g/mol. The summed E-state index contributed by atoms with van der Waals surface area (Å²) in [6.07, 6.45) is 6.48. The molecular weight excluding hydrogens is 192 g/mol. The molecule has 1 atom stereocenters. The van der Waals surface area contributed by atoms with Crippen molar-refractivity contribution in [3.05, 3.63) is 48.6 Å². The van der Waals surface area contributed by atoms with Crippen molar-refractivity contribution >= 4 is 11.6 Å². The molecule has 0 saturated heterocycles. The lowest BCUT2D eigenvalue weighted by atomic mass is 10.1. The molecule has 0 nitrogen and oxygen atoms in total. The molecule has 0 radical (unpaired) electrons. The second-order valence-electron chi connectivity index (χ2n) is 3.45. The topological polar surface area (TPSA) is 0 Å². The van der Waals surface area contributed by atoms with Gasteiger partial charge in [0, 0.05) is 0 Å². The molecule has 0 aromatic heterocycles. The summed E-state index contributed by atoms with van der Waals surface area (Å²) in [7, 11) is 0. The van der Waals surface area contributed by atoms with Crippen molar-refractivity contribution in [2.75, 3.05) is 0 Å². The standard InChI is InChI=1S/C13H17Cl/c1-2-3-4-8-11-13(14)12-9-6-5-7-10-12/h2,5-7,9-10,13H,1,3-4,8,11H2. The summed E-state index contributed by atoms with van der Waals surface area (Å²) < 4.78 is 0. The van der Waals surface area contributed by atoms with Crippen molar-refractivity contribution in [3.63, 3.8) is 0 Å². The van der Waals surface area contributed by atoms with Crippen molar-refractivity contribution in [2.45, 2.75) is 31.1 Å². The number of alkyl halides is 1. The van der Waals surface area contributed by atoms with Gasteiger partial charge in [0.1, 0.15) is 0 Å². The van der Waals surface area contributed by atoms with E-state index in [0.29, 0.717) is 0 Å². The zero-order valence-electron chi connectivity index (χ0n) is 8.45. The van der Waals surface area contributed by atoms with Crippen molar-refractivity contribution in [2.24, 2.45) is 0 Å². The lowest BCUT2D eigenvalue weighted by molar-refractivity contribution is 0.674. The molecule has 0 spiro atoms. The average molecular weight is 209 g/mol. The van der Waals surface area contributed by atoms with Gasteiger partial charge in [-0.15, -0.1) is 18.2 Å². The van der Waals surface area contributed by atoms with Crippen molar-refractivity contribution in [1.82, 2.24) is 0 Å². The molecular formula is C13H17Cl. The number of halogens is 1. The first-order valence-electron chi connectivity index (χ1n) is 5.14. The number of unbranched alkanes of at least 4 members (excludes halogenated alkanes) is 2. The Balaban J connectivity index is 2.28. The lowest BCUT2D eigenvalue weighted by Gasteiger charge is -2.08. The fraction of sp³-hybridized carbons (Fsp3) is 0.385. The van der Waals surface area contributed by atoms with Gasteiger partial charge in [-0.2, -0.15) is 0 Å². The highest BCUT2D eigenvalue weighted by Gasteiger charge is 2.05. The molecule has 14 heavy (non-hydrogen) atoms. The average Bonchev–Trinajstić information content (AvgIpc) is 2.25. The Morgan fingerprint density at radius 2 is 1.93 bits per heavy atom. The van der Waals surface area contributed by atoms with E-state index < -0.39 is 0 Å². The molecule has 0 aliphatic rings. The fourth-order valence-electron chi connectivity index (χ4n) is 1.44. The van der Waals surface area contributed by atoms with E-state index in [1.807, 2.05) is 24.3 Å². The van der Waals surface area contributed by atoms with Crippen LogP contribution in [0.3, 0.4) is 0 Å². The van der Waals surface area contributed by atoms with Gasteiger partial charge in [0.2, 0.25) is 0 Å². The van der Waals surface area contributed by atoms with E-state index in [1.54, 1.807) is 0 Å². The lowest BCUT2D eigenvalue weighted by Crippen LogP contribution is -1.89. The van der Waals surface area contributed by atoms with Crippen molar-refractivity contribution in [3.8, 4) is 0 Å². The molecule has 76 valence electrons. The first kappa shape index (κ1) is 11.3. The van der Waals surface area contributed by atoms with Crippen LogP contribution >= 0.6 is 11.6 Å². The summed E-state index contributed by atoms with van der Waals surface area (Å²) >= 11 is 6.26. The Kier molecular flexibility index (Phi) is 5.39. The second-order valence-corrected chi connectivity index (χ2v) is 3.98. The van der Waals surface area contributed by atoms with Crippen LogP contribution in [0.15, 0.2) is 43.0 Å². The van der Waals surface area contributed by atoms with E-state index >= 15 is 0 Å². The van der Waals surface area contributed by atoms with Crippen LogP contribution in [-0.2, 0) is 0 Å². The Hall–Kier alpha value is -0.750. The molecule has 0 bridgehead atoms. The summed E-state index contributed by atoms with van der Waals surface area (Å²) in [5.41, 5.74) is 1.23. The van der Waals surface area contributed by atoms with Crippen LogP contribution in [-0.4, -0.2) is 0 Å². The summed E-state index contributed by atoms with van der Waals surface area (Å²) in [4.78, 5) is 0. The summed E-state index contributed by atoms with van der Waals surface area (Å²) in [5.74, 6) is 0. The van der Waals surface area contributed by atoms with Crippen LogP contribution in [0.25, 0.3) is 0 Å². The predicted octanol–water partition coefficient (Wildman–Crippen LogP) is 4.71. The molecule has 1 aromatic rings. The molecule has 0 saturated carbocycles. The van der Waals surface area contributed by atoms with Crippen LogP contribution in [0.1, 0.15) is 36.6 Å². The van der Waals surface area contributed by atoms with E-state index in [1.165, 1.54) is 18.4 Å². The maximum atomic E-state index is 6.26.